The molecule has 3 rings (SSSR count). The Kier molecular flexibility index (Phi) is 5.86. The van der Waals surface area contributed by atoms with E-state index in [0.717, 1.165) is 29.8 Å². The molecule has 1 N–H and O–H groups in total. The lowest BCUT2D eigenvalue weighted by Gasteiger charge is -2.22. The molecule has 0 saturated heterocycles. The maximum atomic E-state index is 14.1. The van der Waals surface area contributed by atoms with E-state index < -0.39 is 41.2 Å². The summed E-state index contributed by atoms with van der Waals surface area (Å²) in [6.07, 6.45) is -3.81. The molecule has 0 unspecified atom stereocenters. The normalized spacial score (nSPS) is 12.9. The minimum Gasteiger partial charge on any atom is -0.505 e. The molecule has 3 aromatic rings. The van der Waals surface area contributed by atoms with Crippen molar-refractivity contribution in [2.75, 3.05) is 0 Å². The first-order chi connectivity index (χ1) is 13.7. The molecule has 0 aromatic heterocycles. The van der Waals surface area contributed by atoms with Crippen molar-refractivity contribution in [2.45, 2.75) is 24.7 Å². The maximum absolute atomic E-state index is 14.1. The molecule has 152 valence electrons. The molecular formula is C22H16F6O. The highest BCUT2D eigenvalue weighted by Crippen LogP contribution is 2.38. The van der Waals surface area contributed by atoms with Crippen LogP contribution in [-0.2, 0) is 12.3 Å². The van der Waals surface area contributed by atoms with Gasteiger partial charge in [-0.25, -0.2) is 17.6 Å². The molecule has 0 aliphatic rings. The summed E-state index contributed by atoms with van der Waals surface area (Å²) in [4.78, 5) is 0. The minimum atomic E-state index is -4.53. The molecule has 0 bridgehead atoms. The van der Waals surface area contributed by atoms with Gasteiger partial charge in [0.25, 0.3) is 0 Å². The summed E-state index contributed by atoms with van der Waals surface area (Å²) >= 11 is 0. The van der Waals surface area contributed by atoms with Gasteiger partial charge in [0.1, 0.15) is 5.82 Å². The zero-order valence-electron chi connectivity index (χ0n) is 14.9. The van der Waals surface area contributed by atoms with E-state index in [1.165, 1.54) is 6.07 Å². The Bertz CT molecular complexity index is 988. The highest BCUT2D eigenvalue weighted by Gasteiger charge is 2.43. The fourth-order valence-electron chi connectivity index (χ4n) is 3.16. The predicted molar refractivity (Wildman–Crippen MR) is 96.4 cm³/mol. The van der Waals surface area contributed by atoms with E-state index in [1.54, 1.807) is 30.3 Å². The average Bonchev–Trinajstić information content (AvgIpc) is 2.68. The molecule has 0 aliphatic heterocycles. The lowest BCUT2D eigenvalue weighted by atomic mass is 9.84. The number of halogens is 6. The third kappa shape index (κ3) is 4.55. The van der Waals surface area contributed by atoms with Gasteiger partial charge in [0.05, 0.1) is 0 Å². The highest BCUT2D eigenvalue weighted by atomic mass is 19.3. The van der Waals surface area contributed by atoms with Crippen LogP contribution < -0.4 is 0 Å². The summed E-state index contributed by atoms with van der Waals surface area (Å²) in [7, 11) is 0. The fourth-order valence-corrected chi connectivity index (χ4v) is 3.16. The first-order valence-corrected chi connectivity index (χ1v) is 8.67. The number of benzene rings is 3. The van der Waals surface area contributed by atoms with Crippen LogP contribution in [0.2, 0.25) is 0 Å². The van der Waals surface area contributed by atoms with Gasteiger partial charge in [-0.05, 0) is 53.4 Å². The highest BCUT2D eigenvalue weighted by molar-refractivity contribution is 5.41. The Balaban J connectivity index is 2.13. The van der Waals surface area contributed by atoms with E-state index in [2.05, 4.69) is 0 Å². The van der Waals surface area contributed by atoms with E-state index in [-0.39, 0.29) is 12.0 Å². The van der Waals surface area contributed by atoms with Crippen molar-refractivity contribution >= 4 is 0 Å². The monoisotopic (exact) mass is 410 g/mol. The Morgan fingerprint density at radius 3 is 2.14 bits per heavy atom. The van der Waals surface area contributed by atoms with Crippen LogP contribution in [0.4, 0.5) is 26.3 Å². The standard InChI is InChI=1S/C22H16F6O/c23-17-10-15(9-16(12-17)22(27,28)21(25)26)18(8-13-4-2-1-3-5-13)14-6-7-19(24)20(29)11-14/h1-7,9-12,18,21,29H,8H2/t18-/m1/s1. The van der Waals surface area contributed by atoms with Gasteiger partial charge >= 0.3 is 12.3 Å². The Hall–Kier alpha value is -2.96. The SMILES string of the molecule is Oc1cc([C@@H](Cc2ccccc2)c2cc(F)cc(C(F)(F)C(F)F)c2)ccc1F. The number of hydrogen-bond donors (Lipinski definition) is 1. The van der Waals surface area contributed by atoms with Crippen LogP contribution in [0.1, 0.15) is 28.2 Å². The van der Waals surface area contributed by atoms with E-state index in [9.17, 15) is 31.4 Å². The Morgan fingerprint density at radius 1 is 0.828 bits per heavy atom. The second kappa shape index (κ2) is 8.19. The van der Waals surface area contributed by atoms with Gasteiger partial charge in [0.15, 0.2) is 11.6 Å². The van der Waals surface area contributed by atoms with Crippen LogP contribution in [0.5, 0.6) is 5.75 Å². The van der Waals surface area contributed by atoms with Crippen LogP contribution in [0.3, 0.4) is 0 Å². The van der Waals surface area contributed by atoms with Gasteiger partial charge in [0, 0.05) is 11.5 Å². The number of hydrogen-bond acceptors (Lipinski definition) is 1. The molecule has 0 heterocycles. The van der Waals surface area contributed by atoms with Crippen molar-refractivity contribution in [1.29, 1.82) is 0 Å². The second-order valence-electron chi connectivity index (χ2n) is 6.65. The van der Waals surface area contributed by atoms with Crippen molar-refractivity contribution in [1.82, 2.24) is 0 Å². The van der Waals surface area contributed by atoms with Crippen LogP contribution in [0, 0.1) is 11.6 Å². The van der Waals surface area contributed by atoms with Crippen LogP contribution in [0.15, 0.2) is 66.7 Å². The number of phenolic OH excluding ortho intramolecular Hbond substituents is 1. The zero-order valence-corrected chi connectivity index (χ0v) is 14.9. The molecule has 1 atom stereocenters. The first-order valence-electron chi connectivity index (χ1n) is 8.67. The summed E-state index contributed by atoms with van der Waals surface area (Å²) in [6.45, 7) is 0. The third-order valence-electron chi connectivity index (χ3n) is 4.64. The minimum absolute atomic E-state index is 0.00943. The molecule has 0 spiro atoms. The van der Waals surface area contributed by atoms with Crippen molar-refractivity contribution < 1.29 is 31.4 Å². The van der Waals surface area contributed by atoms with Crippen LogP contribution in [-0.4, -0.2) is 11.5 Å². The molecule has 0 fully saturated rings. The number of phenols is 1. The molecule has 7 heteroatoms. The fraction of sp³-hybridized carbons (Fsp3) is 0.182. The van der Waals surface area contributed by atoms with Gasteiger partial charge in [-0.15, -0.1) is 0 Å². The van der Waals surface area contributed by atoms with Crippen molar-refractivity contribution in [2.24, 2.45) is 0 Å². The Labute approximate surface area is 163 Å². The van der Waals surface area contributed by atoms with Gasteiger partial charge in [-0.2, -0.15) is 8.78 Å². The van der Waals surface area contributed by atoms with Gasteiger partial charge < -0.3 is 5.11 Å². The van der Waals surface area contributed by atoms with Crippen LogP contribution >= 0.6 is 0 Å². The van der Waals surface area contributed by atoms with Crippen molar-refractivity contribution in [3.63, 3.8) is 0 Å². The molecule has 0 radical (unpaired) electrons. The number of aromatic hydroxyl groups is 1. The van der Waals surface area contributed by atoms with Crippen LogP contribution in [0.25, 0.3) is 0 Å². The topological polar surface area (TPSA) is 20.2 Å². The summed E-state index contributed by atoms with van der Waals surface area (Å²) < 4.78 is 80.8. The molecule has 3 aromatic carbocycles. The zero-order chi connectivity index (χ0) is 21.2. The third-order valence-corrected chi connectivity index (χ3v) is 4.64. The van der Waals surface area contributed by atoms with E-state index in [4.69, 9.17) is 0 Å². The summed E-state index contributed by atoms with van der Waals surface area (Å²) in [5.41, 5.74) is -0.0560. The van der Waals surface area contributed by atoms with Crippen molar-refractivity contribution in [3.05, 3.63) is 101 Å². The molecule has 0 amide bonds. The molecule has 29 heavy (non-hydrogen) atoms. The summed E-state index contributed by atoms with van der Waals surface area (Å²) in [6, 6.07) is 14.4. The molecule has 0 saturated carbocycles. The average molecular weight is 410 g/mol. The Morgan fingerprint density at radius 2 is 1.52 bits per heavy atom. The predicted octanol–water partition coefficient (Wildman–Crippen LogP) is 6.40. The number of rotatable bonds is 6. The second-order valence-corrected chi connectivity index (χ2v) is 6.65. The van der Waals surface area contributed by atoms with E-state index in [0.29, 0.717) is 11.6 Å². The number of alkyl halides is 4. The smallest absolute Gasteiger partial charge is 0.332 e. The maximum Gasteiger partial charge on any atom is 0.332 e. The first kappa shape index (κ1) is 20.8. The molecular weight excluding hydrogens is 394 g/mol. The summed E-state index contributed by atoms with van der Waals surface area (Å²) in [5.74, 6) is -7.94. The quantitative estimate of drug-likeness (QED) is 0.466. The molecule has 1 nitrogen and oxygen atoms in total. The van der Waals surface area contributed by atoms with Gasteiger partial charge in [-0.1, -0.05) is 36.4 Å². The van der Waals surface area contributed by atoms with E-state index in [1.807, 2.05) is 0 Å². The summed E-state index contributed by atoms with van der Waals surface area (Å²) in [5, 5.41) is 9.70. The van der Waals surface area contributed by atoms with E-state index >= 15 is 0 Å². The van der Waals surface area contributed by atoms with Gasteiger partial charge in [0.2, 0.25) is 0 Å². The largest absolute Gasteiger partial charge is 0.505 e. The van der Waals surface area contributed by atoms with Crippen molar-refractivity contribution in [3.8, 4) is 5.75 Å². The van der Waals surface area contributed by atoms with Gasteiger partial charge in [-0.3, -0.25) is 0 Å². The molecule has 0 aliphatic carbocycles. The lowest BCUT2D eigenvalue weighted by Crippen LogP contribution is -2.24. The lowest BCUT2D eigenvalue weighted by molar-refractivity contribution is -0.135.